The molecule has 0 N–H and O–H groups in total. The van der Waals surface area contributed by atoms with Crippen LogP contribution in [-0.2, 0) is 0 Å². The summed E-state index contributed by atoms with van der Waals surface area (Å²) in [5, 5.41) is 0. The summed E-state index contributed by atoms with van der Waals surface area (Å²) >= 11 is 2.27. The molecule has 0 saturated carbocycles. The molecule has 0 radical (unpaired) electrons. The highest BCUT2D eigenvalue weighted by molar-refractivity contribution is 14.1. The molecule has 0 saturated heterocycles. The molecule has 3 heteroatoms. The summed E-state index contributed by atoms with van der Waals surface area (Å²) in [4.78, 5) is 4.46. The van der Waals surface area contributed by atoms with Gasteiger partial charge < -0.3 is 4.74 Å². The Morgan fingerprint density at radius 2 is 2.06 bits per heavy atom. The number of aromatic nitrogens is 1. The number of hydrogen-bond acceptors (Lipinski definition) is 2. The summed E-state index contributed by atoms with van der Waals surface area (Å²) < 4.78 is 6.37. The summed E-state index contributed by atoms with van der Waals surface area (Å²) in [5.41, 5.74) is 3.28. The second kappa shape index (κ2) is 4.82. The van der Waals surface area contributed by atoms with Gasteiger partial charge in [0.1, 0.15) is 5.75 Å². The maximum atomic E-state index is 5.21. The average Bonchev–Trinajstić information content (AvgIpc) is 2.29. The lowest BCUT2D eigenvalue weighted by atomic mass is 10.1. The molecule has 1 aromatic heterocycles. The summed E-state index contributed by atoms with van der Waals surface area (Å²) in [6, 6.07) is 10.1. The van der Waals surface area contributed by atoms with Gasteiger partial charge in [-0.2, -0.15) is 0 Å². The molecule has 0 atom stereocenters. The maximum absolute atomic E-state index is 5.21. The second-order valence-corrected chi connectivity index (χ2v) is 4.80. The number of ether oxygens (including phenoxy) is 1. The van der Waals surface area contributed by atoms with Gasteiger partial charge in [0.15, 0.2) is 0 Å². The number of hydrogen-bond donors (Lipinski definition) is 0. The van der Waals surface area contributed by atoms with Gasteiger partial charge in [-0.1, -0.05) is 12.1 Å². The molecule has 0 fully saturated rings. The van der Waals surface area contributed by atoms with Crippen molar-refractivity contribution in [1.29, 1.82) is 0 Å². The predicted octanol–water partition coefficient (Wildman–Crippen LogP) is 3.67. The molecule has 2 rings (SSSR count). The molecular weight excluding hydrogens is 313 g/mol. The fraction of sp³-hybridized carbons (Fsp3) is 0.154. The maximum Gasteiger partial charge on any atom is 0.119 e. The van der Waals surface area contributed by atoms with Crippen LogP contribution in [0.5, 0.6) is 5.75 Å². The Labute approximate surface area is 109 Å². The molecule has 1 heterocycles. The highest BCUT2D eigenvalue weighted by atomic mass is 127. The van der Waals surface area contributed by atoms with Crippen molar-refractivity contribution in [2.45, 2.75) is 6.92 Å². The zero-order valence-electron chi connectivity index (χ0n) is 9.20. The van der Waals surface area contributed by atoms with Crippen molar-refractivity contribution in [3.63, 3.8) is 0 Å². The van der Waals surface area contributed by atoms with Gasteiger partial charge in [0.05, 0.1) is 12.8 Å². The smallest absolute Gasteiger partial charge is 0.119 e. The standard InChI is InChI=1S/C13H12INO/c1-9-6-11(14)8-15-13(9)10-4-3-5-12(7-10)16-2/h3-8H,1-2H3. The van der Waals surface area contributed by atoms with Crippen molar-refractivity contribution in [2.24, 2.45) is 0 Å². The van der Waals surface area contributed by atoms with E-state index in [9.17, 15) is 0 Å². The van der Waals surface area contributed by atoms with Gasteiger partial charge in [-0.05, 0) is 53.3 Å². The lowest BCUT2D eigenvalue weighted by molar-refractivity contribution is 0.415. The van der Waals surface area contributed by atoms with Crippen molar-refractivity contribution in [3.8, 4) is 17.0 Å². The second-order valence-electron chi connectivity index (χ2n) is 3.55. The van der Waals surface area contributed by atoms with E-state index in [2.05, 4.69) is 40.6 Å². The van der Waals surface area contributed by atoms with E-state index in [-0.39, 0.29) is 0 Å². The van der Waals surface area contributed by atoms with Crippen LogP contribution in [0.3, 0.4) is 0 Å². The van der Waals surface area contributed by atoms with Crippen LogP contribution >= 0.6 is 22.6 Å². The fourth-order valence-corrected chi connectivity index (χ4v) is 2.22. The Morgan fingerprint density at radius 1 is 1.25 bits per heavy atom. The topological polar surface area (TPSA) is 22.1 Å². The normalized spacial score (nSPS) is 10.2. The van der Waals surface area contributed by atoms with E-state index in [4.69, 9.17) is 4.74 Å². The summed E-state index contributed by atoms with van der Waals surface area (Å²) in [5.74, 6) is 0.859. The molecule has 0 aliphatic rings. The van der Waals surface area contributed by atoms with E-state index < -0.39 is 0 Å². The van der Waals surface area contributed by atoms with Crippen molar-refractivity contribution in [2.75, 3.05) is 7.11 Å². The van der Waals surface area contributed by atoms with Gasteiger partial charge in [-0.15, -0.1) is 0 Å². The van der Waals surface area contributed by atoms with Gasteiger partial charge >= 0.3 is 0 Å². The molecule has 0 spiro atoms. The van der Waals surface area contributed by atoms with Gasteiger partial charge in [0.25, 0.3) is 0 Å². The lowest BCUT2D eigenvalue weighted by Crippen LogP contribution is -1.90. The average molecular weight is 325 g/mol. The van der Waals surface area contributed by atoms with Gasteiger partial charge in [0, 0.05) is 15.3 Å². The van der Waals surface area contributed by atoms with Crippen molar-refractivity contribution >= 4 is 22.6 Å². The first-order valence-corrected chi connectivity index (χ1v) is 6.05. The van der Waals surface area contributed by atoms with Crippen molar-refractivity contribution < 1.29 is 4.74 Å². The number of halogens is 1. The van der Waals surface area contributed by atoms with Gasteiger partial charge in [0.2, 0.25) is 0 Å². The van der Waals surface area contributed by atoms with Crippen LogP contribution in [0.4, 0.5) is 0 Å². The van der Waals surface area contributed by atoms with Crippen LogP contribution in [0, 0.1) is 10.5 Å². The summed E-state index contributed by atoms with van der Waals surface area (Å²) in [7, 11) is 1.67. The van der Waals surface area contributed by atoms with E-state index in [1.165, 1.54) is 5.56 Å². The molecule has 16 heavy (non-hydrogen) atoms. The van der Waals surface area contributed by atoms with Gasteiger partial charge in [-0.25, -0.2) is 0 Å². The Bertz CT molecular complexity index is 511. The quantitative estimate of drug-likeness (QED) is 0.786. The third kappa shape index (κ3) is 2.35. The largest absolute Gasteiger partial charge is 0.497 e. The van der Waals surface area contributed by atoms with E-state index in [0.717, 1.165) is 20.6 Å². The number of nitrogens with zero attached hydrogens (tertiary/aromatic N) is 1. The number of benzene rings is 1. The fourth-order valence-electron chi connectivity index (χ4n) is 1.61. The Hall–Kier alpha value is -1.10. The molecular formula is C13H12INO. The minimum atomic E-state index is 0.859. The van der Waals surface area contributed by atoms with Crippen molar-refractivity contribution in [1.82, 2.24) is 4.98 Å². The third-order valence-corrected chi connectivity index (χ3v) is 2.98. The molecule has 82 valence electrons. The monoisotopic (exact) mass is 325 g/mol. The molecule has 2 nitrogen and oxygen atoms in total. The first kappa shape index (κ1) is 11.4. The van der Waals surface area contributed by atoms with Crippen LogP contribution in [0.1, 0.15) is 5.56 Å². The number of pyridine rings is 1. The molecule has 0 aliphatic heterocycles. The van der Waals surface area contributed by atoms with Crippen LogP contribution in [0.25, 0.3) is 11.3 Å². The number of rotatable bonds is 2. The van der Waals surface area contributed by atoms with E-state index >= 15 is 0 Å². The number of aryl methyl sites for hydroxylation is 1. The minimum absolute atomic E-state index is 0.859. The van der Waals surface area contributed by atoms with Crippen LogP contribution in [0.2, 0.25) is 0 Å². The Balaban J connectivity index is 2.49. The first-order valence-electron chi connectivity index (χ1n) is 4.97. The van der Waals surface area contributed by atoms with Crippen molar-refractivity contribution in [3.05, 3.63) is 45.7 Å². The molecule has 0 aliphatic carbocycles. The van der Waals surface area contributed by atoms with E-state index in [1.807, 2.05) is 30.5 Å². The summed E-state index contributed by atoms with van der Waals surface area (Å²) in [6.45, 7) is 2.07. The number of methoxy groups -OCH3 is 1. The lowest BCUT2D eigenvalue weighted by Gasteiger charge is -2.07. The van der Waals surface area contributed by atoms with Crippen LogP contribution < -0.4 is 4.74 Å². The minimum Gasteiger partial charge on any atom is -0.497 e. The zero-order chi connectivity index (χ0) is 11.5. The van der Waals surface area contributed by atoms with Crippen LogP contribution in [0.15, 0.2) is 36.5 Å². The van der Waals surface area contributed by atoms with E-state index in [1.54, 1.807) is 7.11 Å². The zero-order valence-corrected chi connectivity index (χ0v) is 11.4. The highest BCUT2D eigenvalue weighted by Crippen LogP contribution is 2.25. The Kier molecular flexibility index (Phi) is 3.43. The molecule has 0 bridgehead atoms. The third-order valence-electron chi connectivity index (χ3n) is 2.39. The SMILES string of the molecule is COc1cccc(-c2ncc(I)cc2C)c1. The summed E-state index contributed by atoms with van der Waals surface area (Å²) in [6.07, 6.45) is 1.88. The molecule has 0 amide bonds. The molecule has 2 aromatic rings. The first-order chi connectivity index (χ1) is 7.70. The highest BCUT2D eigenvalue weighted by Gasteiger charge is 2.04. The Morgan fingerprint density at radius 3 is 2.75 bits per heavy atom. The molecule has 1 aromatic carbocycles. The van der Waals surface area contributed by atoms with Gasteiger partial charge in [-0.3, -0.25) is 4.98 Å². The van der Waals surface area contributed by atoms with Crippen LogP contribution in [-0.4, -0.2) is 12.1 Å². The molecule has 0 unspecified atom stereocenters. The van der Waals surface area contributed by atoms with E-state index in [0.29, 0.717) is 0 Å². The predicted molar refractivity (Wildman–Crippen MR) is 73.7 cm³/mol.